The van der Waals surface area contributed by atoms with Crippen LogP contribution in [0.3, 0.4) is 0 Å². The van der Waals surface area contributed by atoms with Crippen molar-refractivity contribution >= 4 is 0 Å². The van der Waals surface area contributed by atoms with Crippen molar-refractivity contribution in [1.82, 2.24) is 0 Å². The van der Waals surface area contributed by atoms with Crippen LogP contribution in [0.2, 0.25) is 0 Å². The van der Waals surface area contributed by atoms with Gasteiger partial charge < -0.3 is 4.74 Å². The van der Waals surface area contributed by atoms with Crippen LogP contribution in [0.15, 0.2) is 24.1 Å². The van der Waals surface area contributed by atoms with Gasteiger partial charge in [0, 0.05) is 5.92 Å². The zero-order valence-electron chi connectivity index (χ0n) is 13.4. The average Bonchev–Trinajstić information content (AvgIpc) is 2.55. The number of hydrogen-bond donors (Lipinski definition) is 0. The monoisotopic (exact) mass is 316 g/mol. The third kappa shape index (κ3) is 4.87. The van der Waals surface area contributed by atoms with Crippen LogP contribution in [0, 0.1) is 17.8 Å². The number of halogens is 3. The van der Waals surface area contributed by atoms with E-state index in [9.17, 15) is 13.2 Å². The molecular weight excluding hydrogens is 289 g/mol. The van der Waals surface area contributed by atoms with Gasteiger partial charge in [0.1, 0.15) is 0 Å². The van der Waals surface area contributed by atoms with Gasteiger partial charge in [-0.3, -0.25) is 0 Å². The Hall–Kier alpha value is -0.770. The van der Waals surface area contributed by atoms with Gasteiger partial charge in [-0.05, 0) is 70.1 Å². The molecule has 2 rings (SSSR count). The van der Waals surface area contributed by atoms with E-state index in [1.54, 1.807) is 0 Å². The molecule has 0 amide bonds. The van der Waals surface area contributed by atoms with Crippen LogP contribution in [0.1, 0.15) is 58.3 Å². The summed E-state index contributed by atoms with van der Waals surface area (Å²) < 4.78 is 43.7. The van der Waals surface area contributed by atoms with E-state index in [-0.39, 0.29) is 0 Å². The van der Waals surface area contributed by atoms with Crippen LogP contribution < -0.4 is 0 Å². The van der Waals surface area contributed by atoms with Crippen molar-refractivity contribution in [2.24, 2.45) is 17.8 Å². The maximum atomic E-state index is 13.3. The molecule has 0 heterocycles. The van der Waals surface area contributed by atoms with E-state index < -0.39 is 17.8 Å². The lowest BCUT2D eigenvalue weighted by atomic mass is 9.70. The second-order valence-electron chi connectivity index (χ2n) is 6.66. The second-order valence-corrected chi connectivity index (χ2v) is 6.66. The predicted octanol–water partition coefficient (Wildman–Crippen LogP) is 6.02. The van der Waals surface area contributed by atoms with Gasteiger partial charge in [0.2, 0.25) is 0 Å². The first-order chi connectivity index (χ1) is 10.6. The summed E-state index contributed by atoms with van der Waals surface area (Å²) in [5, 5.41) is 0. The molecule has 2 saturated carbocycles. The van der Waals surface area contributed by atoms with Crippen molar-refractivity contribution in [3.63, 3.8) is 0 Å². The smallest absolute Gasteiger partial charge is 0.301 e. The van der Waals surface area contributed by atoms with E-state index in [4.69, 9.17) is 4.74 Å². The molecule has 0 aromatic rings. The summed E-state index contributed by atoms with van der Waals surface area (Å²) in [4.78, 5) is 0. The summed E-state index contributed by atoms with van der Waals surface area (Å²) in [6.45, 7) is 2.68. The molecule has 2 aliphatic rings. The Morgan fingerprint density at radius 3 is 1.95 bits per heavy atom. The molecule has 0 aromatic heterocycles. The number of allylic oxidation sites excluding steroid dienone is 2. The highest BCUT2D eigenvalue weighted by Gasteiger charge is 2.33. The van der Waals surface area contributed by atoms with Crippen LogP contribution in [-0.4, -0.2) is 12.7 Å². The van der Waals surface area contributed by atoms with E-state index >= 15 is 0 Å². The highest BCUT2D eigenvalue weighted by Crippen LogP contribution is 2.42. The topological polar surface area (TPSA) is 9.23 Å². The van der Waals surface area contributed by atoms with E-state index in [1.165, 1.54) is 0 Å². The molecule has 0 saturated heterocycles. The zero-order valence-corrected chi connectivity index (χ0v) is 13.4. The van der Waals surface area contributed by atoms with Crippen molar-refractivity contribution in [2.75, 3.05) is 6.61 Å². The van der Waals surface area contributed by atoms with Gasteiger partial charge in [-0.2, -0.15) is 8.78 Å². The third-order valence-electron chi connectivity index (χ3n) is 5.36. The first-order valence-electron chi connectivity index (χ1n) is 8.55. The van der Waals surface area contributed by atoms with Crippen LogP contribution >= 0.6 is 0 Å². The minimum atomic E-state index is -2.12. The normalized spacial score (nSPS) is 33.1. The van der Waals surface area contributed by atoms with Gasteiger partial charge >= 0.3 is 6.08 Å². The summed E-state index contributed by atoms with van der Waals surface area (Å²) in [5.74, 6) is -0.450. The minimum Gasteiger partial charge on any atom is -0.374 e. The Kier molecular flexibility index (Phi) is 7.00. The molecule has 0 N–H and O–H groups in total. The van der Waals surface area contributed by atoms with Crippen molar-refractivity contribution in [2.45, 2.75) is 64.4 Å². The summed E-state index contributed by atoms with van der Waals surface area (Å²) in [6, 6.07) is 0. The van der Waals surface area contributed by atoms with Gasteiger partial charge in [-0.15, -0.1) is 0 Å². The van der Waals surface area contributed by atoms with Crippen molar-refractivity contribution in [3.8, 4) is 0 Å². The fraction of sp³-hybridized carbons (Fsp3) is 0.778. The lowest BCUT2D eigenvalue weighted by Gasteiger charge is -2.37. The summed E-state index contributed by atoms with van der Waals surface area (Å²) in [6.07, 6.45) is 9.70. The Morgan fingerprint density at radius 1 is 0.909 bits per heavy atom. The standard InChI is InChI=1S/C18H27F3O/c1-2-3-12-22-16-10-8-14(9-11-16)13-4-6-15(7-5-13)17(19)18(20)21/h2-3,13-16H,4-12H2,1H3/b3-2+. The van der Waals surface area contributed by atoms with E-state index in [1.807, 2.05) is 19.1 Å². The van der Waals surface area contributed by atoms with Gasteiger partial charge in [0.05, 0.1) is 12.7 Å². The van der Waals surface area contributed by atoms with Crippen molar-refractivity contribution in [3.05, 3.63) is 24.1 Å². The molecule has 0 spiro atoms. The second kappa shape index (κ2) is 8.76. The van der Waals surface area contributed by atoms with Gasteiger partial charge in [-0.1, -0.05) is 12.2 Å². The first-order valence-corrected chi connectivity index (χ1v) is 8.55. The van der Waals surface area contributed by atoms with Crippen molar-refractivity contribution in [1.29, 1.82) is 0 Å². The van der Waals surface area contributed by atoms with Crippen LogP contribution in [0.5, 0.6) is 0 Å². The summed E-state index contributed by atoms with van der Waals surface area (Å²) in [5.41, 5.74) is 0. The molecule has 0 aromatic carbocycles. The molecule has 0 bridgehead atoms. The molecule has 2 aliphatic carbocycles. The zero-order chi connectivity index (χ0) is 15.9. The molecular formula is C18H27F3O. The fourth-order valence-corrected chi connectivity index (χ4v) is 4.01. The Morgan fingerprint density at radius 2 is 1.45 bits per heavy atom. The number of ether oxygens (including phenoxy) is 1. The largest absolute Gasteiger partial charge is 0.374 e. The Bertz CT molecular complexity index is 385. The minimum absolute atomic E-state index is 0.366. The summed E-state index contributed by atoms with van der Waals surface area (Å²) in [7, 11) is 0. The van der Waals surface area contributed by atoms with Crippen LogP contribution in [0.25, 0.3) is 0 Å². The maximum Gasteiger partial charge on any atom is 0.301 e. The summed E-state index contributed by atoms with van der Waals surface area (Å²) >= 11 is 0. The van der Waals surface area contributed by atoms with Crippen LogP contribution in [-0.2, 0) is 4.74 Å². The highest BCUT2D eigenvalue weighted by atomic mass is 19.3. The molecule has 1 nitrogen and oxygen atoms in total. The SMILES string of the molecule is C/C=C/COC1CCC(C2CCC(C(F)=C(F)F)CC2)CC1. The quantitative estimate of drug-likeness (QED) is 0.563. The maximum absolute atomic E-state index is 13.3. The molecule has 126 valence electrons. The predicted molar refractivity (Wildman–Crippen MR) is 82.3 cm³/mol. The molecule has 22 heavy (non-hydrogen) atoms. The third-order valence-corrected chi connectivity index (χ3v) is 5.36. The number of hydrogen-bond acceptors (Lipinski definition) is 1. The molecule has 0 aliphatic heterocycles. The van der Waals surface area contributed by atoms with Crippen molar-refractivity contribution < 1.29 is 17.9 Å². The van der Waals surface area contributed by atoms with Gasteiger partial charge in [0.15, 0.2) is 5.83 Å². The Balaban J connectivity index is 1.71. The van der Waals surface area contributed by atoms with E-state index in [2.05, 4.69) is 0 Å². The highest BCUT2D eigenvalue weighted by molar-refractivity contribution is 5.00. The van der Waals surface area contributed by atoms with E-state index in [0.717, 1.165) is 38.5 Å². The fourth-order valence-electron chi connectivity index (χ4n) is 4.01. The number of rotatable bonds is 5. The molecule has 0 unspecified atom stereocenters. The molecule has 4 heteroatoms. The molecule has 0 radical (unpaired) electrons. The molecule has 2 fully saturated rings. The lowest BCUT2D eigenvalue weighted by Crippen LogP contribution is -2.28. The molecule has 0 atom stereocenters. The Labute approximate surface area is 131 Å². The van der Waals surface area contributed by atoms with E-state index in [0.29, 0.717) is 37.4 Å². The van der Waals surface area contributed by atoms with Gasteiger partial charge in [0.25, 0.3) is 0 Å². The van der Waals surface area contributed by atoms with Crippen LogP contribution in [0.4, 0.5) is 13.2 Å². The average molecular weight is 316 g/mol. The van der Waals surface area contributed by atoms with Gasteiger partial charge in [-0.25, -0.2) is 4.39 Å². The first kappa shape index (κ1) is 17.6. The lowest BCUT2D eigenvalue weighted by molar-refractivity contribution is 0.0213.